The summed E-state index contributed by atoms with van der Waals surface area (Å²) in [5.41, 5.74) is 1.17. The molecule has 33 heavy (non-hydrogen) atoms. The second-order valence-corrected chi connectivity index (χ2v) is 11.2. The van der Waals surface area contributed by atoms with Gasteiger partial charge in [0.15, 0.2) is 0 Å². The lowest BCUT2D eigenvalue weighted by Gasteiger charge is -2.60. The molecular formula is C28H37NO4. The third-order valence-corrected chi connectivity index (χ3v) is 9.97. The van der Waals surface area contributed by atoms with Crippen molar-refractivity contribution in [2.45, 2.75) is 65.0 Å². The van der Waals surface area contributed by atoms with E-state index >= 15 is 0 Å². The Hall–Kier alpha value is -2.30. The van der Waals surface area contributed by atoms with Crippen LogP contribution >= 0.6 is 0 Å². The molecule has 5 rings (SSSR count). The average Bonchev–Trinajstić information content (AvgIpc) is 3.18. The Balaban J connectivity index is 1.40. The Morgan fingerprint density at radius 2 is 1.79 bits per heavy atom. The third-order valence-electron chi connectivity index (χ3n) is 9.97. The summed E-state index contributed by atoms with van der Waals surface area (Å²) >= 11 is 0. The monoisotopic (exact) mass is 451 g/mol. The van der Waals surface area contributed by atoms with Crippen molar-refractivity contribution in [3.63, 3.8) is 0 Å². The maximum absolute atomic E-state index is 13.0. The van der Waals surface area contributed by atoms with Gasteiger partial charge in [0.05, 0.1) is 20.1 Å². The fraction of sp³-hybridized carbons (Fsp3) is 0.643. The van der Waals surface area contributed by atoms with Gasteiger partial charge >= 0.3 is 5.97 Å². The van der Waals surface area contributed by atoms with Crippen LogP contribution in [-0.2, 0) is 20.9 Å². The summed E-state index contributed by atoms with van der Waals surface area (Å²) in [6, 6.07) is 8.28. The second-order valence-electron chi connectivity index (χ2n) is 11.2. The largest absolute Gasteiger partial charge is 0.497 e. The van der Waals surface area contributed by atoms with Gasteiger partial charge in [0.25, 0.3) is 0 Å². The smallest absolute Gasteiger partial charge is 0.309 e. The molecule has 0 aromatic heterocycles. The number of carbonyl (C=O) groups excluding carboxylic acids is 2. The van der Waals surface area contributed by atoms with Gasteiger partial charge in [0, 0.05) is 18.0 Å². The molecule has 3 saturated carbocycles. The maximum Gasteiger partial charge on any atom is 0.309 e. The van der Waals surface area contributed by atoms with Gasteiger partial charge in [0.1, 0.15) is 5.75 Å². The Kier molecular flexibility index (Phi) is 5.57. The Labute approximate surface area is 197 Å². The van der Waals surface area contributed by atoms with Crippen molar-refractivity contribution in [1.29, 1.82) is 0 Å². The molecule has 1 aromatic rings. The number of hydrogen-bond donors (Lipinski definition) is 0. The number of benzene rings is 1. The molecule has 0 saturated heterocycles. The zero-order valence-electron chi connectivity index (χ0n) is 20.4. The first kappa shape index (κ1) is 22.5. The first-order valence-corrected chi connectivity index (χ1v) is 12.5. The van der Waals surface area contributed by atoms with Gasteiger partial charge in [0.2, 0.25) is 5.91 Å². The van der Waals surface area contributed by atoms with Crippen molar-refractivity contribution >= 4 is 11.9 Å². The highest BCUT2D eigenvalue weighted by Gasteiger charge is 2.61. The SMILES string of the molecule is COC(=O)C1CC[C@H]2[C@@H]3CCC4N(Cc5ccc(OC)cc5)C(=O)C=C[C@]4(C)[C@@H]3CC[C@]12C. The van der Waals surface area contributed by atoms with Crippen LogP contribution in [0.15, 0.2) is 36.4 Å². The molecule has 5 nitrogen and oxygen atoms in total. The summed E-state index contributed by atoms with van der Waals surface area (Å²) in [4.78, 5) is 27.7. The number of esters is 1. The van der Waals surface area contributed by atoms with Crippen LogP contribution in [0.4, 0.5) is 0 Å². The van der Waals surface area contributed by atoms with E-state index in [0.29, 0.717) is 24.3 Å². The van der Waals surface area contributed by atoms with Gasteiger partial charge in [-0.15, -0.1) is 0 Å². The number of fused-ring (bicyclic) bond motifs is 5. The molecule has 1 amide bonds. The van der Waals surface area contributed by atoms with Gasteiger partial charge in [-0.3, -0.25) is 9.59 Å². The lowest BCUT2D eigenvalue weighted by atomic mass is 9.47. The van der Waals surface area contributed by atoms with E-state index in [-0.39, 0.29) is 34.7 Å². The van der Waals surface area contributed by atoms with Crippen LogP contribution in [0, 0.1) is 34.5 Å². The molecule has 2 unspecified atom stereocenters. The zero-order chi connectivity index (χ0) is 23.4. The van der Waals surface area contributed by atoms with E-state index in [1.54, 1.807) is 7.11 Å². The molecule has 7 atom stereocenters. The topological polar surface area (TPSA) is 55.8 Å². The zero-order valence-corrected chi connectivity index (χ0v) is 20.4. The molecule has 4 aliphatic rings. The number of amides is 1. The van der Waals surface area contributed by atoms with Crippen LogP contribution in [0.3, 0.4) is 0 Å². The highest BCUT2D eigenvalue weighted by molar-refractivity contribution is 5.89. The molecule has 5 heteroatoms. The lowest BCUT2D eigenvalue weighted by molar-refractivity contribution is -0.156. The predicted molar refractivity (Wildman–Crippen MR) is 126 cm³/mol. The van der Waals surface area contributed by atoms with E-state index in [2.05, 4.69) is 37.0 Å². The quantitative estimate of drug-likeness (QED) is 0.605. The van der Waals surface area contributed by atoms with Crippen LogP contribution in [0.2, 0.25) is 0 Å². The van der Waals surface area contributed by atoms with Crippen molar-refractivity contribution < 1.29 is 19.1 Å². The minimum absolute atomic E-state index is 0.0199. The predicted octanol–water partition coefficient (Wildman–Crippen LogP) is 4.99. The van der Waals surface area contributed by atoms with E-state index in [1.807, 2.05) is 18.2 Å². The average molecular weight is 452 g/mol. The number of hydrogen-bond acceptors (Lipinski definition) is 4. The van der Waals surface area contributed by atoms with E-state index < -0.39 is 0 Å². The number of methoxy groups -OCH3 is 2. The van der Waals surface area contributed by atoms with Crippen molar-refractivity contribution in [2.24, 2.45) is 34.5 Å². The van der Waals surface area contributed by atoms with Crippen molar-refractivity contribution in [2.75, 3.05) is 14.2 Å². The first-order chi connectivity index (χ1) is 15.8. The molecule has 3 fully saturated rings. The summed E-state index contributed by atoms with van der Waals surface area (Å²) in [5, 5.41) is 0. The Bertz CT molecular complexity index is 955. The fourth-order valence-electron chi connectivity index (χ4n) is 8.24. The number of carbonyl (C=O) groups is 2. The Morgan fingerprint density at radius 3 is 2.48 bits per heavy atom. The molecule has 0 spiro atoms. The van der Waals surface area contributed by atoms with Crippen LogP contribution in [0.5, 0.6) is 5.75 Å². The Morgan fingerprint density at radius 1 is 1.03 bits per heavy atom. The summed E-state index contributed by atoms with van der Waals surface area (Å²) in [6.45, 7) is 5.36. The highest BCUT2D eigenvalue weighted by Crippen LogP contribution is 2.65. The highest BCUT2D eigenvalue weighted by atomic mass is 16.5. The van der Waals surface area contributed by atoms with E-state index in [0.717, 1.165) is 49.8 Å². The molecule has 1 aliphatic heterocycles. The number of ether oxygens (including phenoxy) is 2. The molecular weight excluding hydrogens is 414 g/mol. The summed E-state index contributed by atoms with van der Waals surface area (Å²) < 4.78 is 10.5. The van der Waals surface area contributed by atoms with Gasteiger partial charge in [-0.2, -0.15) is 0 Å². The van der Waals surface area contributed by atoms with Crippen LogP contribution in [0.1, 0.15) is 57.9 Å². The van der Waals surface area contributed by atoms with Gasteiger partial charge in [-0.1, -0.05) is 32.1 Å². The molecule has 0 bridgehead atoms. The lowest BCUT2D eigenvalue weighted by Crippen LogP contribution is -2.60. The maximum atomic E-state index is 13.0. The van der Waals surface area contributed by atoms with E-state index in [1.165, 1.54) is 7.11 Å². The number of nitrogens with zero attached hydrogens (tertiary/aromatic N) is 1. The fourth-order valence-corrected chi connectivity index (χ4v) is 8.24. The second kappa shape index (κ2) is 8.18. The normalized spacial score (nSPS) is 39.5. The molecule has 0 radical (unpaired) electrons. The minimum Gasteiger partial charge on any atom is -0.497 e. The van der Waals surface area contributed by atoms with Crippen molar-refractivity contribution in [3.05, 3.63) is 42.0 Å². The third kappa shape index (κ3) is 3.41. The van der Waals surface area contributed by atoms with Crippen LogP contribution in [-0.4, -0.2) is 37.0 Å². The molecule has 0 N–H and O–H groups in total. The van der Waals surface area contributed by atoms with Crippen LogP contribution < -0.4 is 4.74 Å². The van der Waals surface area contributed by atoms with Crippen molar-refractivity contribution in [3.8, 4) is 5.75 Å². The van der Waals surface area contributed by atoms with E-state index in [9.17, 15) is 9.59 Å². The van der Waals surface area contributed by atoms with Crippen molar-refractivity contribution in [1.82, 2.24) is 4.90 Å². The van der Waals surface area contributed by atoms with E-state index in [4.69, 9.17) is 9.47 Å². The van der Waals surface area contributed by atoms with Gasteiger partial charge in [-0.25, -0.2) is 0 Å². The summed E-state index contributed by atoms with van der Waals surface area (Å²) in [5.74, 6) is 2.70. The molecule has 1 heterocycles. The molecule has 3 aliphatic carbocycles. The standard InChI is InChI=1S/C28H37NO4/c1-27-15-13-22-20(21(27)10-11-23(27)26(31)33-4)9-12-24-28(22,2)16-14-25(30)29(24)17-18-5-7-19(32-3)8-6-18/h5-8,14,16,20-24H,9-13,15,17H2,1-4H3/t20-,21-,22+,23?,24?,27-,28+/m0/s1. The molecule has 178 valence electrons. The summed E-state index contributed by atoms with van der Waals surface area (Å²) in [7, 11) is 3.20. The first-order valence-electron chi connectivity index (χ1n) is 12.5. The molecule has 1 aromatic carbocycles. The van der Waals surface area contributed by atoms with Gasteiger partial charge in [-0.05, 0) is 85.5 Å². The summed E-state index contributed by atoms with van der Waals surface area (Å²) in [6.07, 6.45) is 10.5. The van der Waals surface area contributed by atoms with Gasteiger partial charge < -0.3 is 14.4 Å². The number of rotatable bonds is 4. The van der Waals surface area contributed by atoms with Crippen LogP contribution in [0.25, 0.3) is 0 Å². The minimum atomic E-state index is -0.0211.